The average Bonchev–Trinajstić information content (AvgIpc) is 2.31. The number of piperidine rings is 1. The Kier molecular flexibility index (Phi) is 4.03. The highest BCUT2D eigenvalue weighted by Crippen LogP contribution is 2.33. The van der Waals surface area contributed by atoms with Crippen LogP contribution in [0.25, 0.3) is 0 Å². The topological polar surface area (TPSA) is 29.3 Å². The molecule has 3 heteroatoms. The monoisotopic (exact) mass is 250 g/mol. The molecule has 1 unspecified atom stereocenters. The Labute approximate surface area is 109 Å². The van der Waals surface area contributed by atoms with Gasteiger partial charge in [-0.2, -0.15) is 0 Å². The average molecular weight is 250 g/mol. The first kappa shape index (κ1) is 13.5. The van der Waals surface area contributed by atoms with Gasteiger partial charge in [-0.25, -0.2) is 4.39 Å². The molecular weight excluding hydrogens is 227 g/mol. The SMILES string of the molecule is CC1(C)CCCN(C(CN)c2ccccc2F)C1. The molecule has 0 radical (unpaired) electrons. The quantitative estimate of drug-likeness (QED) is 0.893. The van der Waals surface area contributed by atoms with Crippen LogP contribution < -0.4 is 5.73 Å². The summed E-state index contributed by atoms with van der Waals surface area (Å²) in [5, 5.41) is 0. The molecule has 1 aromatic rings. The van der Waals surface area contributed by atoms with Crippen LogP contribution >= 0.6 is 0 Å². The minimum atomic E-state index is -0.142. The third-order valence-electron chi connectivity index (χ3n) is 3.86. The summed E-state index contributed by atoms with van der Waals surface area (Å²) in [5.74, 6) is -0.142. The van der Waals surface area contributed by atoms with Gasteiger partial charge in [0.05, 0.1) is 0 Å². The molecule has 1 fully saturated rings. The Morgan fingerprint density at radius 2 is 2.11 bits per heavy atom. The van der Waals surface area contributed by atoms with Crippen molar-refractivity contribution in [2.45, 2.75) is 32.7 Å². The van der Waals surface area contributed by atoms with E-state index in [1.165, 1.54) is 12.5 Å². The number of hydrogen-bond donors (Lipinski definition) is 1. The van der Waals surface area contributed by atoms with Crippen molar-refractivity contribution in [1.82, 2.24) is 4.90 Å². The zero-order chi connectivity index (χ0) is 13.2. The second kappa shape index (κ2) is 5.37. The van der Waals surface area contributed by atoms with E-state index < -0.39 is 0 Å². The Morgan fingerprint density at radius 3 is 2.72 bits per heavy atom. The van der Waals surface area contributed by atoms with Gasteiger partial charge < -0.3 is 5.73 Å². The maximum Gasteiger partial charge on any atom is 0.128 e. The summed E-state index contributed by atoms with van der Waals surface area (Å²) in [6, 6.07) is 7.00. The zero-order valence-electron chi connectivity index (χ0n) is 11.3. The molecule has 18 heavy (non-hydrogen) atoms. The van der Waals surface area contributed by atoms with Crippen molar-refractivity contribution in [2.24, 2.45) is 11.1 Å². The van der Waals surface area contributed by atoms with Crippen LogP contribution in [-0.2, 0) is 0 Å². The first-order valence-electron chi connectivity index (χ1n) is 6.72. The van der Waals surface area contributed by atoms with E-state index in [4.69, 9.17) is 5.73 Å². The molecule has 100 valence electrons. The Balaban J connectivity index is 2.21. The fourth-order valence-electron chi connectivity index (χ4n) is 2.95. The predicted octanol–water partition coefficient (Wildman–Crippen LogP) is 2.95. The lowest BCUT2D eigenvalue weighted by Crippen LogP contribution is -2.44. The summed E-state index contributed by atoms with van der Waals surface area (Å²) >= 11 is 0. The molecule has 2 nitrogen and oxygen atoms in total. The fourth-order valence-corrected chi connectivity index (χ4v) is 2.95. The summed E-state index contributed by atoms with van der Waals surface area (Å²) in [5.41, 5.74) is 6.92. The van der Waals surface area contributed by atoms with Crippen LogP contribution in [0.2, 0.25) is 0 Å². The van der Waals surface area contributed by atoms with Gasteiger partial charge in [0.15, 0.2) is 0 Å². The second-order valence-corrected chi connectivity index (χ2v) is 6.01. The minimum absolute atomic E-state index is 0.00535. The van der Waals surface area contributed by atoms with Crippen molar-refractivity contribution in [1.29, 1.82) is 0 Å². The predicted molar refractivity (Wildman–Crippen MR) is 72.8 cm³/mol. The number of nitrogens with two attached hydrogens (primary N) is 1. The molecular formula is C15H23FN2. The molecule has 0 saturated carbocycles. The molecule has 0 aromatic heterocycles. The lowest BCUT2D eigenvalue weighted by Gasteiger charge is -2.42. The molecule has 2 N–H and O–H groups in total. The second-order valence-electron chi connectivity index (χ2n) is 6.01. The van der Waals surface area contributed by atoms with E-state index in [1.807, 2.05) is 12.1 Å². The largest absolute Gasteiger partial charge is 0.329 e. The smallest absolute Gasteiger partial charge is 0.128 e. The van der Waals surface area contributed by atoms with Crippen LogP contribution in [0.5, 0.6) is 0 Å². The fraction of sp³-hybridized carbons (Fsp3) is 0.600. The van der Waals surface area contributed by atoms with Crippen LogP contribution in [0, 0.1) is 11.2 Å². The third kappa shape index (κ3) is 2.90. The molecule has 0 aliphatic carbocycles. The maximum absolute atomic E-state index is 13.9. The van der Waals surface area contributed by atoms with Gasteiger partial charge in [0.1, 0.15) is 5.82 Å². The number of halogens is 1. The normalized spacial score (nSPS) is 21.8. The highest BCUT2D eigenvalue weighted by Gasteiger charge is 2.31. The highest BCUT2D eigenvalue weighted by atomic mass is 19.1. The lowest BCUT2D eigenvalue weighted by molar-refractivity contribution is 0.0792. The molecule has 2 rings (SSSR count). The van der Waals surface area contributed by atoms with E-state index in [-0.39, 0.29) is 11.9 Å². The molecule has 1 aliphatic heterocycles. The van der Waals surface area contributed by atoms with Gasteiger partial charge in [-0.15, -0.1) is 0 Å². The third-order valence-corrected chi connectivity index (χ3v) is 3.86. The van der Waals surface area contributed by atoms with Crippen molar-refractivity contribution in [3.05, 3.63) is 35.6 Å². The van der Waals surface area contributed by atoms with Crippen molar-refractivity contribution in [3.63, 3.8) is 0 Å². The van der Waals surface area contributed by atoms with Crippen molar-refractivity contribution in [2.75, 3.05) is 19.6 Å². The van der Waals surface area contributed by atoms with E-state index in [9.17, 15) is 4.39 Å². The van der Waals surface area contributed by atoms with E-state index in [1.54, 1.807) is 6.07 Å². The molecule has 0 amide bonds. The minimum Gasteiger partial charge on any atom is -0.329 e. The van der Waals surface area contributed by atoms with Crippen LogP contribution in [0.3, 0.4) is 0 Å². The standard InChI is InChI=1S/C15H23FN2/c1-15(2)8-5-9-18(11-15)14(10-17)12-6-3-4-7-13(12)16/h3-4,6-7,14H,5,8-11,17H2,1-2H3. The number of hydrogen-bond acceptors (Lipinski definition) is 2. The Hall–Kier alpha value is -0.930. The van der Waals surface area contributed by atoms with Crippen molar-refractivity contribution >= 4 is 0 Å². The van der Waals surface area contributed by atoms with Gasteiger partial charge in [-0.3, -0.25) is 4.90 Å². The number of nitrogens with zero attached hydrogens (tertiary/aromatic N) is 1. The molecule has 1 saturated heterocycles. The summed E-state index contributed by atoms with van der Waals surface area (Å²) in [7, 11) is 0. The van der Waals surface area contributed by atoms with Crippen LogP contribution in [0.15, 0.2) is 24.3 Å². The number of rotatable bonds is 3. The van der Waals surface area contributed by atoms with Crippen molar-refractivity contribution < 1.29 is 4.39 Å². The van der Waals surface area contributed by atoms with E-state index in [2.05, 4.69) is 18.7 Å². The van der Waals surface area contributed by atoms with E-state index in [0.717, 1.165) is 25.1 Å². The molecule has 1 atom stereocenters. The van der Waals surface area contributed by atoms with Gasteiger partial charge in [0.25, 0.3) is 0 Å². The summed E-state index contributed by atoms with van der Waals surface area (Å²) < 4.78 is 13.9. The lowest BCUT2D eigenvalue weighted by atomic mass is 9.83. The molecule has 0 spiro atoms. The molecule has 1 aromatic carbocycles. The zero-order valence-corrected chi connectivity index (χ0v) is 11.3. The van der Waals surface area contributed by atoms with Crippen molar-refractivity contribution in [3.8, 4) is 0 Å². The number of likely N-dealkylation sites (tertiary alicyclic amines) is 1. The Morgan fingerprint density at radius 1 is 1.39 bits per heavy atom. The van der Waals surface area contributed by atoms with Crippen LogP contribution in [0.1, 0.15) is 38.3 Å². The maximum atomic E-state index is 13.9. The van der Waals surface area contributed by atoms with Gasteiger partial charge >= 0.3 is 0 Å². The first-order valence-corrected chi connectivity index (χ1v) is 6.72. The number of benzene rings is 1. The van der Waals surface area contributed by atoms with E-state index >= 15 is 0 Å². The van der Waals surface area contributed by atoms with Gasteiger partial charge in [0, 0.05) is 24.7 Å². The van der Waals surface area contributed by atoms with E-state index in [0.29, 0.717) is 12.0 Å². The first-order chi connectivity index (χ1) is 8.53. The molecule has 1 heterocycles. The van der Waals surface area contributed by atoms with Gasteiger partial charge in [0.2, 0.25) is 0 Å². The van der Waals surface area contributed by atoms with Crippen LogP contribution in [-0.4, -0.2) is 24.5 Å². The Bertz CT molecular complexity index is 403. The summed E-state index contributed by atoms with van der Waals surface area (Å²) in [6.07, 6.45) is 2.40. The van der Waals surface area contributed by atoms with Gasteiger partial charge in [-0.1, -0.05) is 32.0 Å². The summed E-state index contributed by atoms with van der Waals surface area (Å²) in [4.78, 5) is 2.34. The van der Waals surface area contributed by atoms with Crippen LogP contribution in [0.4, 0.5) is 4.39 Å². The van der Waals surface area contributed by atoms with Gasteiger partial charge in [-0.05, 0) is 30.9 Å². The highest BCUT2D eigenvalue weighted by molar-refractivity contribution is 5.22. The molecule has 0 bridgehead atoms. The molecule has 1 aliphatic rings. The summed E-state index contributed by atoms with van der Waals surface area (Å²) in [6.45, 7) is 7.02.